The zero-order valence-electron chi connectivity index (χ0n) is 15.5. The first kappa shape index (κ1) is 20.1. The van der Waals surface area contributed by atoms with Gasteiger partial charge < -0.3 is 4.74 Å². The molecule has 3 rings (SSSR count). The summed E-state index contributed by atoms with van der Waals surface area (Å²) in [6.45, 7) is 3.64. The molecule has 1 aliphatic carbocycles. The van der Waals surface area contributed by atoms with Gasteiger partial charge in [-0.25, -0.2) is 8.78 Å². The fraction of sp³-hybridized carbons (Fsp3) is 0.250. The Kier molecular flexibility index (Phi) is 5.37. The number of hydrogen-bond acceptors (Lipinski definition) is 6. The fourth-order valence-electron chi connectivity index (χ4n) is 2.84. The monoisotopic (exact) mass is 399 g/mol. The Balaban J connectivity index is 1.92. The van der Waals surface area contributed by atoms with Crippen molar-refractivity contribution in [2.45, 2.75) is 26.7 Å². The van der Waals surface area contributed by atoms with Gasteiger partial charge in [0.1, 0.15) is 11.8 Å². The smallest absolute Gasteiger partial charge is 0.255 e. The second-order valence-electron chi connectivity index (χ2n) is 6.69. The van der Waals surface area contributed by atoms with Crippen LogP contribution in [0.4, 0.5) is 14.5 Å². The van der Waals surface area contributed by atoms with Crippen molar-refractivity contribution in [1.29, 1.82) is 5.26 Å². The lowest BCUT2D eigenvalue weighted by molar-refractivity contribution is -0.124. The molecule has 0 saturated heterocycles. The number of ether oxygens (including phenoxy) is 1. The molecule has 29 heavy (non-hydrogen) atoms. The van der Waals surface area contributed by atoms with Crippen molar-refractivity contribution < 1.29 is 27.9 Å². The average molecular weight is 399 g/mol. The highest BCUT2D eigenvalue weighted by Crippen LogP contribution is 2.32. The van der Waals surface area contributed by atoms with Gasteiger partial charge in [-0.3, -0.25) is 14.4 Å². The summed E-state index contributed by atoms with van der Waals surface area (Å²) >= 11 is 0. The minimum Gasteiger partial charge on any atom is -0.451 e. The van der Waals surface area contributed by atoms with Gasteiger partial charge in [-0.1, -0.05) is 13.8 Å². The van der Waals surface area contributed by atoms with Crippen LogP contribution in [-0.2, 0) is 14.4 Å². The summed E-state index contributed by atoms with van der Waals surface area (Å²) in [4.78, 5) is 35.4. The number of nitrogens with zero attached hydrogens (tertiary/aromatic N) is 3. The highest BCUT2D eigenvalue weighted by atomic mass is 19.1. The van der Waals surface area contributed by atoms with E-state index >= 15 is 0 Å². The molecular formula is C20H15F2N3O4. The zero-order valence-corrected chi connectivity index (χ0v) is 15.5. The molecule has 0 bridgehead atoms. The molecule has 1 amide bonds. The third-order valence-electron chi connectivity index (χ3n) is 4.30. The molecule has 7 nitrogen and oxygen atoms in total. The number of carbonyl (C=O) groups excluding carboxylic acids is 3. The van der Waals surface area contributed by atoms with Crippen LogP contribution in [0, 0.1) is 28.9 Å². The number of halogens is 2. The highest BCUT2D eigenvalue weighted by molar-refractivity contribution is 6.50. The molecule has 0 fully saturated rings. The number of hydrogen-bond donors (Lipinski definition) is 0. The van der Waals surface area contributed by atoms with E-state index < -0.39 is 41.2 Å². The Hall–Kier alpha value is -3.67. The minimum atomic E-state index is -1.12. The van der Waals surface area contributed by atoms with Crippen LogP contribution in [-0.4, -0.2) is 23.2 Å². The summed E-state index contributed by atoms with van der Waals surface area (Å²) in [7, 11) is 0. The molecule has 1 heterocycles. The Morgan fingerprint density at radius 2 is 1.83 bits per heavy atom. The Morgan fingerprint density at radius 3 is 2.41 bits per heavy atom. The predicted molar refractivity (Wildman–Crippen MR) is 97.8 cm³/mol. The molecule has 0 radical (unpaired) electrons. The maximum Gasteiger partial charge on any atom is 0.255 e. The number of ketones is 2. The van der Waals surface area contributed by atoms with Crippen molar-refractivity contribution >= 4 is 28.9 Å². The summed E-state index contributed by atoms with van der Waals surface area (Å²) in [6, 6.07) is 3.16. The largest absolute Gasteiger partial charge is 0.451 e. The molecular weight excluding hydrogens is 384 g/mol. The first-order valence-corrected chi connectivity index (χ1v) is 8.68. The second kappa shape index (κ2) is 7.75. The summed E-state index contributed by atoms with van der Waals surface area (Å²) in [5, 5.41) is 13.0. The number of allylic oxidation sites excluding steroid dienone is 3. The van der Waals surface area contributed by atoms with Crippen molar-refractivity contribution in [3.63, 3.8) is 0 Å². The maximum atomic E-state index is 14.5. The minimum absolute atomic E-state index is 0.0582. The molecule has 1 aromatic rings. The molecule has 0 aromatic heterocycles. The standard InChI is InChI=1S/C20H15F2N3O4/c1-10(2)13-7-12(3-4-17(13)26)29-20-14(21)5-11(6-15(20)22)25-19(28)8-18(27)16(9-23)24-25/h3,5-7,10H,4,8H2,1-2H3. The SMILES string of the molecule is CC(C)C1=CC(Oc2c(F)cc(N3N=C(C#N)C(=O)CC3=O)cc2F)=CCC1=O. The van der Waals surface area contributed by atoms with Gasteiger partial charge in [0.15, 0.2) is 23.2 Å². The molecule has 2 aliphatic rings. The number of Topliss-reactive ketones (excluding diaryl/α,β-unsaturated/α-hetero) is 2. The van der Waals surface area contributed by atoms with Crippen molar-refractivity contribution in [3.05, 3.63) is 47.3 Å². The molecule has 0 saturated carbocycles. The number of anilines is 1. The van der Waals surface area contributed by atoms with E-state index in [0.717, 1.165) is 12.1 Å². The van der Waals surface area contributed by atoms with Gasteiger partial charge >= 0.3 is 0 Å². The van der Waals surface area contributed by atoms with Crippen LogP contribution in [0.1, 0.15) is 26.7 Å². The van der Waals surface area contributed by atoms with Crippen molar-refractivity contribution in [2.24, 2.45) is 11.0 Å². The maximum absolute atomic E-state index is 14.5. The van der Waals surface area contributed by atoms with Crippen LogP contribution in [0.25, 0.3) is 0 Å². The summed E-state index contributed by atoms with van der Waals surface area (Å²) in [5.41, 5.74) is -0.333. The number of carbonyl (C=O) groups is 3. The molecule has 9 heteroatoms. The predicted octanol–water partition coefficient (Wildman–Crippen LogP) is 2.97. The van der Waals surface area contributed by atoms with Gasteiger partial charge in [-0.2, -0.15) is 15.4 Å². The van der Waals surface area contributed by atoms with Gasteiger partial charge in [-0.15, -0.1) is 0 Å². The van der Waals surface area contributed by atoms with Crippen molar-refractivity contribution in [1.82, 2.24) is 0 Å². The molecule has 148 valence electrons. The van der Waals surface area contributed by atoms with E-state index in [-0.39, 0.29) is 29.6 Å². The third-order valence-corrected chi connectivity index (χ3v) is 4.30. The summed E-state index contributed by atoms with van der Waals surface area (Å²) in [5.74, 6) is -4.56. The molecule has 0 spiro atoms. The average Bonchev–Trinajstić information content (AvgIpc) is 2.65. The Bertz CT molecular complexity index is 1040. The Labute approximate surface area is 164 Å². The topological polar surface area (TPSA) is 99.8 Å². The van der Waals surface area contributed by atoms with Gasteiger partial charge in [0.25, 0.3) is 5.91 Å². The van der Waals surface area contributed by atoms with Crippen LogP contribution >= 0.6 is 0 Å². The zero-order chi connectivity index (χ0) is 21.3. The van der Waals surface area contributed by atoms with E-state index in [4.69, 9.17) is 10.00 Å². The first-order chi connectivity index (χ1) is 13.7. The van der Waals surface area contributed by atoms with Crippen LogP contribution in [0.2, 0.25) is 0 Å². The van der Waals surface area contributed by atoms with Crippen LogP contribution in [0.15, 0.2) is 40.7 Å². The molecule has 0 unspecified atom stereocenters. The van der Waals surface area contributed by atoms with E-state index in [1.807, 2.05) is 13.8 Å². The molecule has 1 aliphatic heterocycles. The van der Waals surface area contributed by atoms with Crippen LogP contribution < -0.4 is 9.75 Å². The summed E-state index contributed by atoms with van der Waals surface area (Å²) < 4.78 is 34.4. The lowest BCUT2D eigenvalue weighted by Gasteiger charge is -2.21. The molecule has 0 N–H and O–H groups in total. The van der Waals surface area contributed by atoms with E-state index in [0.29, 0.717) is 10.6 Å². The first-order valence-electron chi connectivity index (χ1n) is 8.68. The number of hydrazone groups is 1. The van der Waals surface area contributed by atoms with Gasteiger partial charge in [0.05, 0.1) is 12.1 Å². The van der Waals surface area contributed by atoms with Crippen LogP contribution in [0.5, 0.6) is 5.75 Å². The second-order valence-corrected chi connectivity index (χ2v) is 6.69. The number of nitriles is 1. The van der Waals surface area contributed by atoms with E-state index in [1.165, 1.54) is 18.2 Å². The van der Waals surface area contributed by atoms with Gasteiger partial charge in [0, 0.05) is 24.1 Å². The number of amides is 1. The fourth-order valence-corrected chi connectivity index (χ4v) is 2.84. The molecule has 1 aromatic carbocycles. The Morgan fingerprint density at radius 1 is 1.17 bits per heavy atom. The van der Waals surface area contributed by atoms with Crippen molar-refractivity contribution in [3.8, 4) is 11.8 Å². The van der Waals surface area contributed by atoms with E-state index in [2.05, 4.69) is 5.10 Å². The van der Waals surface area contributed by atoms with Gasteiger partial charge in [-0.05, 0) is 18.1 Å². The number of rotatable bonds is 4. The quantitative estimate of drug-likeness (QED) is 0.725. The van der Waals surface area contributed by atoms with E-state index in [1.54, 1.807) is 0 Å². The molecule has 0 atom stereocenters. The summed E-state index contributed by atoms with van der Waals surface area (Å²) in [6.07, 6.45) is 2.29. The van der Waals surface area contributed by atoms with Crippen LogP contribution in [0.3, 0.4) is 0 Å². The highest BCUT2D eigenvalue weighted by Gasteiger charge is 2.30. The normalized spacial score (nSPS) is 17.0. The lowest BCUT2D eigenvalue weighted by Crippen LogP contribution is -2.36. The van der Waals surface area contributed by atoms with E-state index in [9.17, 15) is 23.2 Å². The lowest BCUT2D eigenvalue weighted by atomic mass is 9.93. The number of benzene rings is 1. The van der Waals surface area contributed by atoms with Gasteiger partial charge in [0.2, 0.25) is 11.5 Å². The third kappa shape index (κ3) is 3.96. The van der Waals surface area contributed by atoms with Crippen molar-refractivity contribution in [2.75, 3.05) is 5.01 Å².